The number of rotatable bonds is 7. The van der Waals surface area contributed by atoms with Gasteiger partial charge in [0.05, 0.1) is 26.9 Å². The summed E-state index contributed by atoms with van der Waals surface area (Å²) in [6.45, 7) is 1.41. The van der Waals surface area contributed by atoms with Crippen LogP contribution in [0.1, 0.15) is 12.8 Å². The zero-order valence-corrected chi connectivity index (χ0v) is 14.4. The summed E-state index contributed by atoms with van der Waals surface area (Å²) in [4.78, 5) is 20.9. The number of non-ortho nitro benzene ring substituents is 1. The van der Waals surface area contributed by atoms with Crippen molar-refractivity contribution in [2.75, 3.05) is 18.5 Å². The Hall–Kier alpha value is -2.31. The summed E-state index contributed by atoms with van der Waals surface area (Å²) in [5, 5.41) is 33.6. The molecule has 0 aliphatic carbocycles. The summed E-state index contributed by atoms with van der Waals surface area (Å²) in [6, 6.07) is 3.52. The van der Waals surface area contributed by atoms with Crippen molar-refractivity contribution >= 4 is 39.6 Å². The molecule has 0 spiro atoms. The van der Waals surface area contributed by atoms with Crippen LogP contribution < -0.4 is 5.32 Å². The van der Waals surface area contributed by atoms with Crippen LogP contribution in [0.5, 0.6) is 0 Å². The van der Waals surface area contributed by atoms with Gasteiger partial charge in [0.2, 0.25) is 5.13 Å². The van der Waals surface area contributed by atoms with Gasteiger partial charge in [0, 0.05) is 19.2 Å². The van der Waals surface area contributed by atoms with Gasteiger partial charge in [-0.1, -0.05) is 11.3 Å². The number of hydrogen-bond acceptors (Lipinski definition) is 10. The Labute approximate surface area is 149 Å². The number of ether oxygens (including phenoxy) is 1. The largest absolute Gasteiger partial charge is 0.376 e. The minimum absolute atomic E-state index is 0.163. The number of nitro groups is 2. The van der Waals surface area contributed by atoms with Crippen molar-refractivity contribution in [1.29, 1.82) is 0 Å². The molecule has 1 aliphatic heterocycles. The van der Waals surface area contributed by atoms with E-state index in [0.29, 0.717) is 16.0 Å². The van der Waals surface area contributed by atoms with Gasteiger partial charge in [-0.2, -0.15) is 0 Å². The molecule has 2 heterocycles. The molecule has 1 fully saturated rings. The van der Waals surface area contributed by atoms with Crippen LogP contribution in [-0.4, -0.2) is 39.3 Å². The van der Waals surface area contributed by atoms with Crippen molar-refractivity contribution in [1.82, 2.24) is 10.2 Å². The van der Waals surface area contributed by atoms with E-state index < -0.39 is 9.85 Å². The molecule has 3 rings (SSSR count). The highest BCUT2D eigenvalue weighted by molar-refractivity contribution is 8.01. The first-order chi connectivity index (χ1) is 12.0. The molecule has 1 saturated heterocycles. The van der Waals surface area contributed by atoms with Crippen LogP contribution in [0.3, 0.4) is 0 Å². The van der Waals surface area contributed by atoms with Crippen molar-refractivity contribution in [3.63, 3.8) is 0 Å². The predicted molar refractivity (Wildman–Crippen MR) is 91.2 cm³/mol. The Morgan fingerprint density at radius 2 is 2.16 bits per heavy atom. The number of anilines is 1. The van der Waals surface area contributed by atoms with Crippen molar-refractivity contribution < 1.29 is 14.6 Å². The fourth-order valence-corrected chi connectivity index (χ4v) is 4.07. The number of benzene rings is 1. The fourth-order valence-electron chi connectivity index (χ4n) is 2.27. The summed E-state index contributed by atoms with van der Waals surface area (Å²) in [5.41, 5.74) is -0.657. The average molecular weight is 383 g/mol. The van der Waals surface area contributed by atoms with Gasteiger partial charge in [0.25, 0.3) is 11.4 Å². The average Bonchev–Trinajstić information content (AvgIpc) is 3.24. The molecule has 12 heteroatoms. The Balaban J connectivity index is 1.69. The van der Waals surface area contributed by atoms with Gasteiger partial charge < -0.3 is 10.1 Å². The van der Waals surface area contributed by atoms with E-state index >= 15 is 0 Å². The molecular formula is C13H13N5O5S2. The highest BCUT2D eigenvalue weighted by Gasteiger charge is 2.22. The molecule has 1 aromatic carbocycles. The van der Waals surface area contributed by atoms with Crippen LogP contribution in [-0.2, 0) is 4.74 Å². The molecule has 1 atom stereocenters. The maximum atomic E-state index is 11.2. The molecule has 0 bridgehead atoms. The number of nitrogens with one attached hydrogen (secondary N) is 1. The monoisotopic (exact) mass is 383 g/mol. The summed E-state index contributed by atoms with van der Waals surface area (Å²) >= 11 is 2.31. The predicted octanol–water partition coefficient (Wildman–Crippen LogP) is 3.10. The van der Waals surface area contributed by atoms with Crippen LogP contribution in [0, 0.1) is 20.2 Å². The normalized spacial score (nSPS) is 16.7. The molecule has 1 aromatic heterocycles. The van der Waals surface area contributed by atoms with Crippen LogP contribution in [0.15, 0.2) is 27.4 Å². The van der Waals surface area contributed by atoms with Gasteiger partial charge in [-0.25, -0.2) is 0 Å². The molecule has 1 N–H and O–H groups in total. The second-order valence-corrected chi connectivity index (χ2v) is 7.42. The molecule has 1 aliphatic rings. The highest BCUT2D eigenvalue weighted by Crippen LogP contribution is 2.38. The maximum absolute atomic E-state index is 11.2. The minimum Gasteiger partial charge on any atom is -0.376 e. The first-order valence-corrected chi connectivity index (χ1v) is 8.96. The summed E-state index contributed by atoms with van der Waals surface area (Å²) < 4.78 is 6.01. The van der Waals surface area contributed by atoms with Crippen LogP contribution in [0.25, 0.3) is 0 Å². The van der Waals surface area contributed by atoms with Gasteiger partial charge in [-0.05, 0) is 30.7 Å². The van der Waals surface area contributed by atoms with Crippen molar-refractivity contribution in [3.05, 3.63) is 38.4 Å². The molecule has 2 aromatic rings. The fraction of sp³-hybridized carbons (Fsp3) is 0.385. The topological polar surface area (TPSA) is 133 Å². The van der Waals surface area contributed by atoms with E-state index in [4.69, 9.17) is 4.74 Å². The third-order valence-corrected chi connectivity index (χ3v) is 5.46. The highest BCUT2D eigenvalue weighted by atomic mass is 32.2. The number of hydrogen-bond donors (Lipinski definition) is 1. The van der Waals surface area contributed by atoms with Crippen molar-refractivity contribution in [2.24, 2.45) is 0 Å². The Morgan fingerprint density at radius 1 is 1.32 bits per heavy atom. The first-order valence-electron chi connectivity index (χ1n) is 7.32. The molecule has 0 radical (unpaired) electrons. The lowest BCUT2D eigenvalue weighted by Gasteiger charge is -2.08. The SMILES string of the molecule is O=[N+]([O-])c1ccc(Sc2nnc(NC[C@@H]3CCCO3)s2)c([N+](=O)[O-])c1. The Bertz CT molecular complexity index is 793. The molecule has 10 nitrogen and oxygen atoms in total. The van der Waals surface area contributed by atoms with Crippen LogP contribution in [0.4, 0.5) is 16.5 Å². The van der Waals surface area contributed by atoms with Crippen LogP contribution >= 0.6 is 23.1 Å². The van der Waals surface area contributed by atoms with E-state index in [1.165, 1.54) is 23.5 Å². The molecular weight excluding hydrogens is 370 g/mol. The second-order valence-electron chi connectivity index (χ2n) is 5.16. The Kier molecular flexibility index (Phi) is 5.40. The molecule has 0 unspecified atom stereocenters. The maximum Gasteiger partial charge on any atom is 0.290 e. The zero-order chi connectivity index (χ0) is 17.8. The summed E-state index contributed by atoms with van der Waals surface area (Å²) in [6.07, 6.45) is 2.21. The molecule has 0 amide bonds. The standard InChI is InChI=1S/C13H13N5O5S2/c19-17(20)8-3-4-11(10(6-8)18(21)22)24-13-16-15-12(25-13)14-7-9-2-1-5-23-9/h3-4,6,9H,1-2,5,7H2,(H,14,15)/t9-/m0/s1. The van der Waals surface area contributed by atoms with E-state index in [1.807, 2.05) is 0 Å². The third-order valence-electron chi connectivity index (χ3n) is 3.46. The van der Waals surface area contributed by atoms with Gasteiger partial charge >= 0.3 is 0 Å². The smallest absolute Gasteiger partial charge is 0.290 e. The molecule has 132 valence electrons. The Morgan fingerprint density at radius 3 is 2.84 bits per heavy atom. The lowest BCUT2D eigenvalue weighted by molar-refractivity contribution is -0.396. The van der Waals surface area contributed by atoms with E-state index in [-0.39, 0.29) is 22.4 Å². The minimum atomic E-state index is -0.667. The molecule has 25 heavy (non-hydrogen) atoms. The van der Waals surface area contributed by atoms with Crippen LogP contribution in [0.2, 0.25) is 0 Å². The number of nitrogens with zero attached hydrogens (tertiary/aromatic N) is 4. The lowest BCUT2D eigenvalue weighted by Crippen LogP contribution is -2.18. The second kappa shape index (κ2) is 7.72. The summed E-state index contributed by atoms with van der Waals surface area (Å²) in [5.74, 6) is 0. The first kappa shape index (κ1) is 17.5. The van der Waals surface area contributed by atoms with E-state index in [2.05, 4.69) is 15.5 Å². The van der Waals surface area contributed by atoms with E-state index in [9.17, 15) is 20.2 Å². The van der Waals surface area contributed by atoms with Crippen molar-refractivity contribution in [3.8, 4) is 0 Å². The third kappa shape index (κ3) is 4.41. The summed E-state index contributed by atoms with van der Waals surface area (Å²) in [7, 11) is 0. The number of aromatic nitrogens is 2. The molecule has 0 saturated carbocycles. The van der Waals surface area contributed by atoms with Gasteiger partial charge in [0.1, 0.15) is 0 Å². The number of nitro benzene ring substituents is 2. The zero-order valence-electron chi connectivity index (χ0n) is 12.8. The lowest BCUT2D eigenvalue weighted by atomic mass is 10.2. The quantitative estimate of drug-likeness (QED) is 0.565. The van der Waals surface area contributed by atoms with E-state index in [0.717, 1.165) is 37.3 Å². The van der Waals surface area contributed by atoms with Gasteiger partial charge in [-0.3, -0.25) is 20.2 Å². The van der Waals surface area contributed by atoms with Gasteiger partial charge in [-0.15, -0.1) is 10.2 Å². The van der Waals surface area contributed by atoms with Gasteiger partial charge in [0.15, 0.2) is 4.34 Å². The van der Waals surface area contributed by atoms with Crippen molar-refractivity contribution in [2.45, 2.75) is 28.2 Å². The van der Waals surface area contributed by atoms with E-state index in [1.54, 1.807) is 0 Å².